The summed E-state index contributed by atoms with van der Waals surface area (Å²) in [5, 5.41) is 4.06. The first kappa shape index (κ1) is 18.1. The highest BCUT2D eigenvalue weighted by Crippen LogP contribution is 2.27. The van der Waals surface area contributed by atoms with E-state index in [1.165, 1.54) is 6.07 Å². The van der Waals surface area contributed by atoms with Crippen molar-refractivity contribution in [1.82, 2.24) is 14.8 Å². The molecule has 1 amide bonds. The van der Waals surface area contributed by atoms with E-state index in [-0.39, 0.29) is 36.9 Å². The molecular formula is C20H24F2N4O. The Morgan fingerprint density at radius 3 is 2.96 bits per heavy atom. The molecular weight excluding hydrogens is 350 g/mol. The number of hydrogen-bond donors (Lipinski definition) is 1. The Kier molecular flexibility index (Phi) is 4.95. The van der Waals surface area contributed by atoms with Crippen molar-refractivity contribution in [3.05, 3.63) is 36.3 Å². The van der Waals surface area contributed by atoms with Crippen molar-refractivity contribution in [2.45, 2.75) is 38.0 Å². The number of hydrogen-bond acceptors (Lipinski definition) is 4. The van der Waals surface area contributed by atoms with Gasteiger partial charge in [-0.3, -0.25) is 14.7 Å². The molecule has 2 aromatic rings. The van der Waals surface area contributed by atoms with Gasteiger partial charge in [-0.1, -0.05) is 0 Å². The molecule has 1 aromatic carbocycles. The minimum absolute atomic E-state index is 0.0242. The van der Waals surface area contributed by atoms with Crippen LogP contribution in [0.15, 0.2) is 30.5 Å². The second kappa shape index (κ2) is 7.38. The van der Waals surface area contributed by atoms with E-state index in [1.54, 1.807) is 23.2 Å². The van der Waals surface area contributed by atoms with E-state index < -0.39 is 6.17 Å². The Morgan fingerprint density at radius 2 is 2.19 bits per heavy atom. The molecule has 4 rings (SSSR count). The lowest BCUT2D eigenvalue weighted by Crippen LogP contribution is -2.42. The van der Waals surface area contributed by atoms with Crippen molar-refractivity contribution in [1.29, 1.82) is 0 Å². The molecule has 1 aromatic heterocycles. The molecule has 0 unspecified atom stereocenters. The number of anilines is 1. The number of aromatic nitrogens is 1. The molecule has 2 fully saturated rings. The maximum atomic E-state index is 14.4. The highest BCUT2D eigenvalue weighted by atomic mass is 19.1. The average Bonchev–Trinajstić information content (AvgIpc) is 3.23. The lowest BCUT2D eigenvalue weighted by atomic mass is 10.1. The monoisotopic (exact) mass is 374 g/mol. The first-order valence-corrected chi connectivity index (χ1v) is 9.47. The van der Waals surface area contributed by atoms with Crippen LogP contribution in [0.1, 0.15) is 19.8 Å². The third kappa shape index (κ3) is 3.74. The molecule has 7 heteroatoms. The van der Waals surface area contributed by atoms with Gasteiger partial charge in [0.25, 0.3) is 0 Å². The van der Waals surface area contributed by atoms with Gasteiger partial charge in [0, 0.05) is 43.2 Å². The Balaban J connectivity index is 1.39. The van der Waals surface area contributed by atoms with E-state index in [4.69, 9.17) is 0 Å². The Morgan fingerprint density at radius 1 is 1.33 bits per heavy atom. The largest absolute Gasteiger partial charge is 0.378 e. The van der Waals surface area contributed by atoms with Crippen molar-refractivity contribution in [2.75, 3.05) is 31.5 Å². The third-order valence-corrected chi connectivity index (χ3v) is 5.56. The SMILES string of the molecule is C[C@@H]1C[C@H](F)CN1C(=O)CN1CC[C@@H](Nc2c(F)ccc3ncccc23)C1. The maximum Gasteiger partial charge on any atom is 0.237 e. The van der Waals surface area contributed by atoms with Crippen molar-refractivity contribution in [3.63, 3.8) is 0 Å². The summed E-state index contributed by atoms with van der Waals surface area (Å²) in [6, 6.07) is 6.76. The highest BCUT2D eigenvalue weighted by Gasteiger charge is 2.34. The normalized spacial score (nSPS) is 26.0. The predicted molar refractivity (Wildman–Crippen MR) is 101 cm³/mol. The van der Waals surface area contributed by atoms with Crippen LogP contribution in [-0.2, 0) is 4.79 Å². The number of alkyl halides is 1. The fourth-order valence-electron chi connectivity index (χ4n) is 4.17. The Labute approximate surface area is 157 Å². The van der Waals surface area contributed by atoms with Gasteiger partial charge in [0.15, 0.2) is 0 Å². The molecule has 27 heavy (non-hydrogen) atoms. The number of likely N-dealkylation sites (tertiary alicyclic amines) is 2. The minimum Gasteiger partial charge on any atom is -0.378 e. The molecule has 2 aliphatic rings. The van der Waals surface area contributed by atoms with Crippen LogP contribution in [0.25, 0.3) is 10.9 Å². The first-order valence-electron chi connectivity index (χ1n) is 9.47. The number of carbonyl (C=O) groups is 1. The fraction of sp³-hybridized carbons (Fsp3) is 0.500. The molecule has 0 saturated carbocycles. The zero-order chi connectivity index (χ0) is 19.0. The van der Waals surface area contributed by atoms with Crippen LogP contribution in [0.2, 0.25) is 0 Å². The van der Waals surface area contributed by atoms with Crippen LogP contribution in [0.3, 0.4) is 0 Å². The number of fused-ring (bicyclic) bond motifs is 1. The van der Waals surface area contributed by atoms with Crippen molar-refractivity contribution in [2.24, 2.45) is 0 Å². The number of carbonyl (C=O) groups excluding carboxylic acids is 1. The summed E-state index contributed by atoms with van der Waals surface area (Å²) in [5.74, 6) is -0.325. The van der Waals surface area contributed by atoms with Crippen LogP contribution in [0, 0.1) is 5.82 Å². The van der Waals surface area contributed by atoms with Crippen molar-refractivity contribution >= 4 is 22.5 Å². The highest BCUT2D eigenvalue weighted by molar-refractivity contribution is 5.91. The van der Waals surface area contributed by atoms with Gasteiger partial charge < -0.3 is 10.2 Å². The molecule has 1 N–H and O–H groups in total. The zero-order valence-electron chi connectivity index (χ0n) is 15.4. The van der Waals surface area contributed by atoms with Crippen molar-refractivity contribution in [3.8, 4) is 0 Å². The lowest BCUT2D eigenvalue weighted by Gasteiger charge is -2.24. The van der Waals surface area contributed by atoms with E-state index >= 15 is 0 Å². The molecule has 0 bridgehead atoms. The number of pyridine rings is 1. The number of nitrogens with one attached hydrogen (secondary N) is 1. The van der Waals surface area contributed by atoms with Gasteiger partial charge in [-0.25, -0.2) is 8.78 Å². The number of benzene rings is 1. The van der Waals surface area contributed by atoms with Gasteiger partial charge in [0.1, 0.15) is 12.0 Å². The lowest BCUT2D eigenvalue weighted by molar-refractivity contribution is -0.132. The van der Waals surface area contributed by atoms with Crippen LogP contribution < -0.4 is 5.32 Å². The third-order valence-electron chi connectivity index (χ3n) is 5.56. The first-order chi connectivity index (χ1) is 13.0. The average molecular weight is 374 g/mol. The van der Waals surface area contributed by atoms with E-state index in [0.717, 1.165) is 23.9 Å². The minimum atomic E-state index is -0.917. The van der Waals surface area contributed by atoms with Gasteiger partial charge in [-0.05, 0) is 37.6 Å². The maximum absolute atomic E-state index is 14.4. The number of halogens is 2. The second-order valence-corrected chi connectivity index (χ2v) is 7.59. The second-order valence-electron chi connectivity index (χ2n) is 7.59. The topological polar surface area (TPSA) is 48.5 Å². The summed E-state index contributed by atoms with van der Waals surface area (Å²) in [5.41, 5.74) is 1.21. The summed E-state index contributed by atoms with van der Waals surface area (Å²) in [6.45, 7) is 3.79. The molecule has 0 spiro atoms. The Bertz CT molecular complexity index is 846. The van der Waals surface area contributed by atoms with E-state index in [1.807, 2.05) is 13.0 Å². The van der Waals surface area contributed by atoms with E-state index in [9.17, 15) is 13.6 Å². The molecule has 0 radical (unpaired) electrons. The summed E-state index contributed by atoms with van der Waals surface area (Å²) in [7, 11) is 0. The molecule has 5 nitrogen and oxygen atoms in total. The summed E-state index contributed by atoms with van der Waals surface area (Å²) < 4.78 is 27.9. The Hall–Kier alpha value is -2.28. The number of rotatable bonds is 4. The summed E-state index contributed by atoms with van der Waals surface area (Å²) >= 11 is 0. The van der Waals surface area contributed by atoms with Gasteiger partial charge in [-0.2, -0.15) is 0 Å². The van der Waals surface area contributed by atoms with Gasteiger partial charge in [0.05, 0.1) is 24.3 Å². The van der Waals surface area contributed by atoms with E-state index in [0.29, 0.717) is 18.7 Å². The number of nitrogens with zero attached hydrogens (tertiary/aromatic N) is 3. The summed E-state index contributed by atoms with van der Waals surface area (Å²) in [6.07, 6.45) is 2.02. The van der Waals surface area contributed by atoms with Crippen LogP contribution in [-0.4, -0.2) is 65.1 Å². The van der Waals surface area contributed by atoms with Crippen molar-refractivity contribution < 1.29 is 13.6 Å². The van der Waals surface area contributed by atoms with Crippen LogP contribution in [0.4, 0.5) is 14.5 Å². The van der Waals surface area contributed by atoms with Gasteiger partial charge in [-0.15, -0.1) is 0 Å². The molecule has 2 saturated heterocycles. The molecule has 3 heterocycles. The van der Waals surface area contributed by atoms with Gasteiger partial charge in [0.2, 0.25) is 5.91 Å². The zero-order valence-corrected chi connectivity index (χ0v) is 15.4. The number of amides is 1. The van der Waals surface area contributed by atoms with Gasteiger partial charge >= 0.3 is 0 Å². The predicted octanol–water partition coefficient (Wildman–Crippen LogP) is 2.82. The van der Waals surface area contributed by atoms with E-state index in [2.05, 4.69) is 15.2 Å². The van der Waals surface area contributed by atoms with Crippen LogP contribution in [0.5, 0.6) is 0 Å². The van der Waals surface area contributed by atoms with Crippen LogP contribution >= 0.6 is 0 Å². The molecule has 2 aliphatic heterocycles. The molecule has 0 aliphatic carbocycles. The standard InChI is InChI=1S/C20H24F2N4O/c1-13-9-14(21)10-26(13)19(27)12-25-8-6-15(11-25)24-20-16-3-2-7-23-18(16)5-4-17(20)22/h2-5,7,13-15,24H,6,8-12H2,1H3/t13-,14+,15-/m1/s1. The smallest absolute Gasteiger partial charge is 0.237 e. The summed E-state index contributed by atoms with van der Waals surface area (Å²) in [4.78, 5) is 20.4. The fourth-order valence-corrected chi connectivity index (χ4v) is 4.17. The molecule has 144 valence electrons. The molecule has 3 atom stereocenters. The quantitative estimate of drug-likeness (QED) is 0.894.